The topological polar surface area (TPSA) is 76.4 Å². The molecule has 21 heavy (non-hydrogen) atoms. The molecule has 0 aliphatic carbocycles. The van der Waals surface area contributed by atoms with Gasteiger partial charge in [-0.3, -0.25) is 4.72 Å². The molecule has 7 heteroatoms. The van der Waals surface area contributed by atoms with Crippen LogP contribution in [0, 0.1) is 11.3 Å². The minimum atomic E-state index is -3.65. The number of anilines is 2. The summed E-state index contributed by atoms with van der Waals surface area (Å²) >= 11 is 0. The summed E-state index contributed by atoms with van der Waals surface area (Å²) in [6.07, 6.45) is 1.71. The number of benzene rings is 1. The molecule has 0 bridgehead atoms. The van der Waals surface area contributed by atoms with Crippen LogP contribution in [0.1, 0.15) is 25.3 Å². The zero-order valence-corrected chi connectivity index (χ0v) is 13.7. The number of hydrogen-bond acceptors (Lipinski definition) is 4. The third-order valence-electron chi connectivity index (χ3n) is 3.12. The highest BCUT2D eigenvalue weighted by molar-refractivity contribution is 7.90. The van der Waals surface area contributed by atoms with Crippen molar-refractivity contribution in [1.29, 1.82) is 5.26 Å². The van der Waals surface area contributed by atoms with Crippen LogP contribution in [0.2, 0.25) is 0 Å². The van der Waals surface area contributed by atoms with Crippen LogP contribution in [0.25, 0.3) is 0 Å². The molecule has 0 saturated carbocycles. The van der Waals surface area contributed by atoms with E-state index in [0.717, 1.165) is 18.5 Å². The highest BCUT2D eigenvalue weighted by Crippen LogP contribution is 2.23. The summed E-state index contributed by atoms with van der Waals surface area (Å²) in [5, 5.41) is 9.11. The second-order valence-corrected chi connectivity index (χ2v) is 6.80. The van der Waals surface area contributed by atoms with Crippen LogP contribution in [0.3, 0.4) is 0 Å². The van der Waals surface area contributed by atoms with Crippen LogP contribution in [-0.4, -0.2) is 40.4 Å². The molecule has 0 aliphatic rings. The summed E-state index contributed by atoms with van der Waals surface area (Å²) in [4.78, 5) is 1.85. The Morgan fingerprint density at radius 3 is 2.48 bits per heavy atom. The number of nitrogens with zero attached hydrogens (tertiary/aromatic N) is 3. The maximum absolute atomic E-state index is 12.2. The fraction of sp³-hybridized carbons (Fsp3) is 0.500. The van der Waals surface area contributed by atoms with Gasteiger partial charge in [0.05, 0.1) is 11.3 Å². The van der Waals surface area contributed by atoms with Gasteiger partial charge in [-0.15, -0.1) is 0 Å². The quantitative estimate of drug-likeness (QED) is 0.836. The van der Waals surface area contributed by atoms with Gasteiger partial charge in [0, 0.05) is 33.4 Å². The zero-order valence-electron chi connectivity index (χ0n) is 12.9. The van der Waals surface area contributed by atoms with Gasteiger partial charge in [-0.1, -0.05) is 13.3 Å². The third kappa shape index (κ3) is 4.62. The summed E-state index contributed by atoms with van der Waals surface area (Å²) in [5.74, 6) is 0. The maximum atomic E-state index is 12.2. The van der Waals surface area contributed by atoms with Crippen molar-refractivity contribution in [2.24, 2.45) is 0 Å². The molecule has 0 unspecified atom stereocenters. The van der Waals surface area contributed by atoms with E-state index in [1.807, 2.05) is 32.0 Å². The SMILES string of the molecule is CCCCN(C)S(=O)(=O)Nc1cc(N(C)C)ccc1C#N. The van der Waals surface area contributed by atoms with Crippen molar-refractivity contribution >= 4 is 21.6 Å². The smallest absolute Gasteiger partial charge is 0.301 e. The lowest BCUT2D eigenvalue weighted by molar-refractivity contribution is 0.463. The first-order valence-corrected chi connectivity index (χ1v) is 8.21. The van der Waals surface area contributed by atoms with E-state index in [1.54, 1.807) is 18.2 Å². The highest BCUT2D eigenvalue weighted by atomic mass is 32.2. The number of rotatable bonds is 7. The first kappa shape index (κ1) is 17.3. The van der Waals surface area contributed by atoms with E-state index in [-0.39, 0.29) is 0 Å². The van der Waals surface area contributed by atoms with Crippen LogP contribution in [0.15, 0.2) is 18.2 Å². The van der Waals surface area contributed by atoms with Gasteiger partial charge in [-0.25, -0.2) is 0 Å². The second kappa shape index (κ2) is 7.29. The molecule has 0 aromatic heterocycles. The first-order valence-electron chi connectivity index (χ1n) is 6.77. The Bertz CT molecular complexity index is 620. The van der Waals surface area contributed by atoms with Crippen molar-refractivity contribution in [3.63, 3.8) is 0 Å². The normalized spacial score (nSPS) is 11.2. The van der Waals surface area contributed by atoms with Crippen molar-refractivity contribution in [1.82, 2.24) is 4.31 Å². The van der Waals surface area contributed by atoms with Gasteiger partial charge < -0.3 is 4.90 Å². The molecular weight excluding hydrogens is 288 g/mol. The minimum absolute atomic E-state index is 0.298. The molecule has 0 heterocycles. The average Bonchev–Trinajstić information content (AvgIpc) is 2.43. The third-order valence-corrected chi connectivity index (χ3v) is 4.60. The molecule has 1 aromatic rings. The lowest BCUT2D eigenvalue weighted by Crippen LogP contribution is -2.33. The Kier molecular flexibility index (Phi) is 6.00. The first-order chi connectivity index (χ1) is 9.81. The molecule has 0 spiro atoms. The summed E-state index contributed by atoms with van der Waals surface area (Å²) in [6, 6.07) is 7.04. The van der Waals surface area contributed by atoms with Gasteiger partial charge >= 0.3 is 10.2 Å². The number of nitrogens with one attached hydrogen (secondary N) is 1. The van der Waals surface area contributed by atoms with E-state index in [4.69, 9.17) is 5.26 Å². The van der Waals surface area contributed by atoms with E-state index in [1.165, 1.54) is 11.4 Å². The summed E-state index contributed by atoms with van der Waals surface area (Å²) in [7, 11) is 1.59. The molecule has 0 amide bonds. The van der Waals surface area contributed by atoms with E-state index >= 15 is 0 Å². The number of hydrogen-bond donors (Lipinski definition) is 1. The van der Waals surface area contributed by atoms with E-state index in [2.05, 4.69) is 4.72 Å². The molecule has 0 aliphatic heterocycles. The van der Waals surface area contributed by atoms with Crippen molar-refractivity contribution in [3.05, 3.63) is 23.8 Å². The lowest BCUT2D eigenvalue weighted by Gasteiger charge is -2.20. The molecule has 1 aromatic carbocycles. The van der Waals surface area contributed by atoms with E-state index in [9.17, 15) is 8.42 Å². The second-order valence-electron chi connectivity index (χ2n) is 5.02. The monoisotopic (exact) mass is 310 g/mol. The predicted molar refractivity (Wildman–Crippen MR) is 85.6 cm³/mol. The molecule has 0 atom stereocenters. The van der Waals surface area contributed by atoms with Crippen LogP contribution in [0.5, 0.6) is 0 Å². The molecule has 1 rings (SSSR count). The van der Waals surface area contributed by atoms with E-state index in [0.29, 0.717) is 17.8 Å². The standard InChI is InChI=1S/C14H22N4O2S/c1-5-6-9-18(4)21(19,20)16-14-10-13(17(2)3)8-7-12(14)11-15/h7-8,10,16H,5-6,9H2,1-4H3. The molecular formula is C14H22N4O2S. The zero-order chi connectivity index (χ0) is 16.0. The Labute approximate surface area is 127 Å². The molecule has 116 valence electrons. The van der Waals surface area contributed by atoms with Crippen LogP contribution in [0.4, 0.5) is 11.4 Å². The van der Waals surface area contributed by atoms with Gasteiger partial charge in [0.2, 0.25) is 0 Å². The molecule has 1 N–H and O–H groups in total. The lowest BCUT2D eigenvalue weighted by atomic mass is 10.2. The Hall–Kier alpha value is -1.78. The average molecular weight is 310 g/mol. The van der Waals surface area contributed by atoms with Gasteiger partial charge in [-0.05, 0) is 24.6 Å². The summed E-state index contributed by atoms with van der Waals surface area (Å²) in [5.41, 5.74) is 1.42. The Morgan fingerprint density at radius 1 is 1.29 bits per heavy atom. The van der Waals surface area contributed by atoms with Gasteiger partial charge in [0.1, 0.15) is 6.07 Å². The number of nitriles is 1. The van der Waals surface area contributed by atoms with Crippen molar-refractivity contribution < 1.29 is 8.42 Å². The van der Waals surface area contributed by atoms with Crippen molar-refractivity contribution in [3.8, 4) is 6.07 Å². The summed E-state index contributed by atoms with van der Waals surface area (Å²) in [6.45, 7) is 2.45. The van der Waals surface area contributed by atoms with Crippen LogP contribution >= 0.6 is 0 Å². The Balaban J connectivity index is 3.05. The summed E-state index contributed by atoms with van der Waals surface area (Å²) < 4.78 is 28.2. The Morgan fingerprint density at radius 2 is 1.95 bits per heavy atom. The predicted octanol–water partition coefficient (Wildman–Crippen LogP) is 2.01. The van der Waals surface area contributed by atoms with Gasteiger partial charge in [0.25, 0.3) is 0 Å². The molecule has 0 saturated heterocycles. The highest BCUT2D eigenvalue weighted by Gasteiger charge is 2.19. The fourth-order valence-corrected chi connectivity index (χ4v) is 2.68. The largest absolute Gasteiger partial charge is 0.378 e. The number of unbranched alkanes of at least 4 members (excludes halogenated alkanes) is 1. The van der Waals surface area contributed by atoms with Crippen LogP contribution in [-0.2, 0) is 10.2 Å². The van der Waals surface area contributed by atoms with Crippen molar-refractivity contribution in [2.75, 3.05) is 37.3 Å². The molecule has 0 radical (unpaired) electrons. The van der Waals surface area contributed by atoms with Gasteiger partial charge in [0.15, 0.2) is 0 Å². The molecule has 6 nitrogen and oxygen atoms in total. The van der Waals surface area contributed by atoms with E-state index < -0.39 is 10.2 Å². The minimum Gasteiger partial charge on any atom is -0.378 e. The van der Waals surface area contributed by atoms with Crippen LogP contribution < -0.4 is 9.62 Å². The fourth-order valence-electron chi connectivity index (χ4n) is 1.71. The van der Waals surface area contributed by atoms with Gasteiger partial charge in [-0.2, -0.15) is 18.0 Å². The molecule has 0 fully saturated rings. The van der Waals surface area contributed by atoms with Crippen molar-refractivity contribution in [2.45, 2.75) is 19.8 Å². The maximum Gasteiger partial charge on any atom is 0.301 e.